The Morgan fingerprint density at radius 2 is 0.635 bits per heavy atom. The molecule has 0 radical (unpaired) electrons. The van der Waals surface area contributed by atoms with Crippen molar-refractivity contribution >= 4 is 17.9 Å². The molecule has 0 aliphatic heterocycles. The van der Waals surface area contributed by atoms with E-state index >= 15 is 0 Å². The minimum Gasteiger partial charge on any atom is -0.462 e. The van der Waals surface area contributed by atoms with Crippen molar-refractivity contribution < 1.29 is 28.6 Å². The van der Waals surface area contributed by atoms with Gasteiger partial charge in [0.1, 0.15) is 13.2 Å². The summed E-state index contributed by atoms with van der Waals surface area (Å²) in [5.41, 5.74) is 0. The van der Waals surface area contributed by atoms with Crippen LogP contribution in [0.1, 0.15) is 213 Å². The Morgan fingerprint density at radius 1 is 0.333 bits per heavy atom. The first kappa shape index (κ1) is 59.1. The first-order chi connectivity index (χ1) is 31.0. The second-order valence-corrected chi connectivity index (χ2v) is 16.5. The third-order valence-corrected chi connectivity index (χ3v) is 10.5. The van der Waals surface area contributed by atoms with Gasteiger partial charge in [-0.2, -0.15) is 0 Å². The Kier molecular flexibility index (Phi) is 47.5. The molecule has 0 aromatic carbocycles. The molecule has 63 heavy (non-hydrogen) atoms. The highest BCUT2D eigenvalue weighted by atomic mass is 16.6. The molecule has 6 heteroatoms. The van der Waals surface area contributed by atoms with Gasteiger partial charge in [0.15, 0.2) is 6.10 Å². The quantitative estimate of drug-likeness (QED) is 0.0263. The van der Waals surface area contributed by atoms with Gasteiger partial charge < -0.3 is 14.2 Å². The van der Waals surface area contributed by atoms with Crippen molar-refractivity contribution in [2.75, 3.05) is 13.2 Å². The summed E-state index contributed by atoms with van der Waals surface area (Å²) >= 11 is 0. The highest BCUT2D eigenvalue weighted by molar-refractivity contribution is 5.71. The Bertz CT molecular complexity index is 1330. The number of rotatable bonds is 44. The maximum Gasteiger partial charge on any atom is 0.306 e. The first-order valence-electron chi connectivity index (χ1n) is 25.5. The number of ether oxygens (including phenoxy) is 3. The molecule has 356 valence electrons. The number of hydrogen-bond acceptors (Lipinski definition) is 6. The van der Waals surface area contributed by atoms with Gasteiger partial charge in [0, 0.05) is 19.3 Å². The standard InChI is InChI=1S/C57H92O6/c1-4-7-10-13-16-19-22-25-26-27-28-29-30-33-35-38-41-44-47-50-56(59)62-53-54(63-57(60)51-48-45-42-39-36-32-24-21-18-15-12-9-6-3)52-61-55(58)49-46-43-40-37-34-31-23-20-17-14-11-8-5-2/h8-9,11-12,14-15,17-18,20-21,23-24,31-32,34,36,39,42,54H,4-7,10,13,16,19,22,25-30,33,35,37-38,40-41,43-53H2,1-3H3/b11-8+,12-9+,17-14+,18-15+,23-20+,24-21+,34-31+,36-32+,42-39+. The van der Waals surface area contributed by atoms with Crippen molar-refractivity contribution in [3.8, 4) is 0 Å². The molecule has 6 nitrogen and oxygen atoms in total. The molecule has 0 bridgehead atoms. The van der Waals surface area contributed by atoms with Crippen molar-refractivity contribution in [3.05, 3.63) is 109 Å². The fraction of sp³-hybridized carbons (Fsp3) is 0.632. The van der Waals surface area contributed by atoms with Crippen LogP contribution in [0, 0.1) is 0 Å². The van der Waals surface area contributed by atoms with Crippen molar-refractivity contribution in [2.24, 2.45) is 0 Å². The molecule has 0 amide bonds. The van der Waals surface area contributed by atoms with Crippen LogP contribution in [0.15, 0.2) is 109 Å². The Labute approximate surface area is 387 Å². The van der Waals surface area contributed by atoms with E-state index in [0.717, 1.165) is 64.2 Å². The summed E-state index contributed by atoms with van der Waals surface area (Å²) < 4.78 is 16.7. The van der Waals surface area contributed by atoms with Gasteiger partial charge in [-0.1, -0.05) is 252 Å². The van der Waals surface area contributed by atoms with Crippen molar-refractivity contribution in [1.29, 1.82) is 0 Å². The van der Waals surface area contributed by atoms with E-state index in [0.29, 0.717) is 19.3 Å². The molecule has 0 saturated carbocycles. The van der Waals surface area contributed by atoms with Crippen LogP contribution in [0.25, 0.3) is 0 Å². The predicted octanol–water partition coefficient (Wildman–Crippen LogP) is 16.8. The van der Waals surface area contributed by atoms with Crippen LogP contribution in [-0.2, 0) is 28.6 Å². The van der Waals surface area contributed by atoms with E-state index in [1.807, 2.05) is 91.1 Å². The summed E-state index contributed by atoms with van der Waals surface area (Å²) in [6.07, 6.45) is 68.1. The molecule has 0 aromatic rings. The zero-order valence-electron chi connectivity index (χ0n) is 40.5. The van der Waals surface area contributed by atoms with E-state index in [4.69, 9.17) is 14.2 Å². The second-order valence-electron chi connectivity index (χ2n) is 16.5. The highest BCUT2D eigenvalue weighted by Crippen LogP contribution is 2.15. The predicted molar refractivity (Wildman–Crippen MR) is 270 cm³/mol. The molecule has 0 aromatic heterocycles. The molecule has 0 saturated heterocycles. The molecular weight excluding hydrogens is 781 g/mol. The third-order valence-electron chi connectivity index (χ3n) is 10.5. The van der Waals surface area contributed by atoms with Crippen LogP contribution < -0.4 is 0 Å². The van der Waals surface area contributed by atoms with Crippen LogP contribution in [0.2, 0.25) is 0 Å². The van der Waals surface area contributed by atoms with Crippen LogP contribution in [-0.4, -0.2) is 37.2 Å². The van der Waals surface area contributed by atoms with Gasteiger partial charge in [0.2, 0.25) is 0 Å². The maximum absolute atomic E-state index is 12.7. The van der Waals surface area contributed by atoms with Crippen LogP contribution >= 0.6 is 0 Å². The van der Waals surface area contributed by atoms with Gasteiger partial charge in [0.05, 0.1) is 0 Å². The lowest BCUT2D eigenvalue weighted by Crippen LogP contribution is -2.30. The second kappa shape index (κ2) is 50.7. The number of allylic oxidation sites excluding steroid dienone is 18. The van der Waals surface area contributed by atoms with Gasteiger partial charge in [0.25, 0.3) is 0 Å². The summed E-state index contributed by atoms with van der Waals surface area (Å²) in [7, 11) is 0. The average molecular weight is 873 g/mol. The zero-order chi connectivity index (χ0) is 45.8. The summed E-state index contributed by atoms with van der Waals surface area (Å²) in [5.74, 6) is -1.04. The smallest absolute Gasteiger partial charge is 0.306 e. The van der Waals surface area contributed by atoms with E-state index < -0.39 is 12.1 Å². The summed E-state index contributed by atoms with van der Waals surface area (Å²) in [5, 5.41) is 0. The summed E-state index contributed by atoms with van der Waals surface area (Å²) in [4.78, 5) is 37.9. The van der Waals surface area contributed by atoms with Gasteiger partial charge >= 0.3 is 17.9 Å². The first-order valence-corrected chi connectivity index (χ1v) is 25.5. The Hall–Kier alpha value is -3.93. The third kappa shape index (κ3) is 49.0. The Balaban J connectivity index is 4.47. The van der Waals surface area contributed by atoms with E-state index in [1.54, 1.807) is 0 Å². The van der Waals surface area contributed by atoms with Crippen LogP contribution in [0.3, 0.4) is 0 Å². The van der Waals surface area contributed by atoms with Crippen molar-refractivity contribution in [1.82, 2.24) is 0 Å². The van der Waals surface area contributed by atoms with Gasteiger partial charge in [-0.25, -0.2) is 0 Å². The van der Waals surface area contributed by atoms with Crippen LogP contribution in [0.4, 0.5) is 0 Å². The SMILES string of the molecule is CC/C=C/C=C/C=C/C=C/C=C/CCCC(=O)OC(COC(=O)CCCCC/C=C/C=C/C=C/C=C/CC)COC(=O)CCCCCCCCCCCCCCCCCCCCC. The number of carbonyl (C=O) groups is 3. The van der Waals surface area contributed by atoms with Crippen molar-refractivity contribution in [2.45, 2.75) is 219 Å². The molecule has 0 N–H and O–H groups in total. The number of hydrogen-bond donors (Lipinski definition) is 0. The maximum atomic E-state index is 12.7. The van der Waals surface area contributed by atoms with E-state index in [2.05, 4.69) is 39.0 Å². The minimum absolute atomic E-state index is 0.120. The fourth-order valence-electron chi connectivity index (χ4n) is 6.72. The van der Waals surface area contributed by atoms with E-state index in [1.165, 1.54) is 103 Å². The average Bonchev–Trinajstić information content (AvgIpc) is 3.28. The summed E-state index contributed by atoms with van der Waals surface area (Å²) in [6.45, 7) is 6.25. The Morgan fingerprint density at radius 3 is 1.02 bits per heavy atom. The molecule has 0 heterocycles. The fourth-order valence-corrected chi connectivity index (χ4v) is 6.72. The number of unbranched alkanes of at least 4 members (excludes halogenated alkanes) is 22. The molecule has 0 fully saturated rings. The minimum atomic E-state index is -0.831. The lowest BCUT2D eigenvalue weighted by Gasteiger charge is -2.18. The molecule has 0 spiro atoms. The van der Waals surface area contributed by atoms with Crippen molar-refractivity contribution in [3.63, 3.8) is 0 Å². The number of esters is 3. The molecular formula is C57H92O6. The molecule has 1 unspecified atom stereocenters. The molecule has 0 aliphatic rings. The zero-order valence-corrected chi connectivity index (χ0v) is 40.5. The normalized spacial score (nSPS) is 13.0. The largest absolute Gasteiger partial charge is 0.462 e. The van der Waals surface area contributed by atoms with Gasteiger partial charge in [-0.15, -0.1) is 0 Å². The molecule has 0 aliphatic carbocycles. The number of carbonyl (C=O) groups excluding carboxylic acids is 3. The topological polar surface area (TPSA) is 78.9 Å². The highest BCUT2D eigenvalue weighted by Gasteiger charge is 2.19. The van der Waals surface area contributed by atoms with E-state index in [9.17, 15) is 14.4 Å². The van der Waals surface area contributed by atoms with E-state index in [-0.39, 0.29) is 31.6 Å². The molecule has 1 atom stereocenters. The lowest BCUT2D eigenvalue weighted by molar-refractivity contribution is -0.167. The molecule has 0 rings (SSSR count). The summed E-state index contributed by atoms with van der Waals surface area (Å²) in [6, 6.07) is 0. The monoisotopic (exact) mass is 873 g/mol. The van der Waals surface area contributed by atoms with Gasteiger partial charge in [-0.3, -0.25) is 14.4 Å². The van der Waals surface area contributed by atoms with Crippen LogP contribution in [0.5, 0.6) is 0 Å². The van der Waals surface area contributed by atoms with Gasteiger partial charge in [-0.05, 0) is 51.4 Å². The lowest BCUT2D eigenvalue weighted by atomic mass is 10.0.